The maximum absolute atomic E-state index is 14.0. The van der Waals surface area contributed by atoms with Crippen LogP contribution in [0.3, 0.4) is 0 Å². The van der Waals surface area contributed by atoms with Gasteiger partial charge in [-0.05, 0) is 24.2 Å². The first-order valence-corrected chi connectivity index (χ1v) is 20.8. The summed E-state index contributed by atoms with van der Waals surface area (Å²) in [7, 11) is 1.19. The van der Waals surface area contributed by atoms with E-state index in [9.17, 15) is 24.0 Å². The lowest BCUT2D eigenvalue weighted by atomic mass is 9.76. The molecule has 0 aromatic heterocycles. The third-order valence-electron chi connectivity index (χ3n) is 11.4. The van der Waals surface area contributed by atoms with E-state index in [1.807, 2.05) is 27.7 Å². The van der Waals surface area contributed by atoms with Crippen molar-refractivity contribution in [3.63, 3.8) is 0 Å². The third kappa shape index (κ3) is 13.0. The molecule has 3 aliphatic heterocycles. The minimum absolute atomic E-state index is 0.0193. The summed E-state index contributed by atoms with van der Waals surface area (Å²) in [6.07, 6.45) is -9.08. The van der Waals surface area contributed by atoms with Crippen LogP contribution in [-0.2, 0) is 76.1 Å². The van der Waals surface area contributed by atoms with Gasteiger partial charge in [0.25, 0.3) is 9.58 Å². The van der Waals surface area contributed by atoms with Crippen molar-refractivity contribution in [2.75, 3.05) is 20.3 Å². The summed E-state index contributed by atoms with van der Waals surface area (Å²) in [5.74, 6) is -8.70. The van der Waals surface area contributed by atoms with Crippen LogP contribution in [-0.4, -0.2) is 121 Å². The smallest absolute Gasteiger partial charge is 0.366 e. The third-order valence-corrected chi connectivity index (χ3v) is 11.9. The lowest BCUT2D eigenvalue weighted by molar-refractivity contribution is -0.374. The van der Waals surface area contributed by atoms with Gasteiger partial charge in [0.05, 0.1) is 19.3 Å². The molecule has 0 amide bonds. The fourth-order valence-corrected chi connectivity index (χ4v) is 7.95. The summed E-state index contributed by atoms with van der Waals surface area (Å²) in [4.78, 5) is 63.1. The minimum Gasteiger partial charge on any atom is -0.465 e. The molecule has 3 heterocycles. The molecule has 16 atom stereocenters. The summed E-state index contributed by atoms with van der Waals surface area (Å²) in [5, 5.41) is 8.14. The fourth-order valence-electron chi connectivity index (χ4n) is 7.82. The number of rotatable bonds is 15. The Kier molecular flexibility index (Phi) is 18.5. The highest BCUT2D eigenvalue weighted by molar-refractivity contribution is 6.76. The molecule has 3 rings (SSSR count). The quantitative estimate of drug-likeness (QED) is 0.0712. The molecule has 1 N–H and O–H groups in total. The standard InChI is InChI=1S/C39H60Cl3NO16/c1-13-27(52-25(10)46)21(6)30-18(3)17(2)14-38(58-30,37(48)49-12)59-32-22(7)28(15-50-23(8)44)54-35(33(32)53-26(11)47)56-31-19(4)20(5)34(57-36(43)39(40,41)42)55-29(31)16-51-24(9)45/h17-22,27-35,43H,13-16H2,1-12H3/t17?,18-,19?,20?,21+,22-,27+,28?,29+,30+,31-,32-,33?,34+,35-,38-/m0/s1. The van der Waals surface area contributed by atoms with Gasteiger partial charge in [-0.15, -0.1) is 0 Å². The molecule has 0 bridgehead atoms. The monoisotopic (exact) mass is 903 g/mol. The summed E-state index contributed by atoms with van der Waals surface area (Å²) < 4.78 is 63.9. The van der Waals surface area contributed by atoms with Gasteiger partial charge in [0.15, 0.2) is 12.4 Å². The van der Waals surface area contributed by atoms with E-state index in [-0.39, 0.29) is 31.5 Å². The van der Waals surface area contributed by atoms with E-state index in [1.54, 1.807) is 20.8 Å². The molecular formula is C39H60Cl3NO16. The van der Waals surface area contributed by atoms with E-state index in [1.165, 1.54) is 34.8 Å². The predicted molar refractivity (Wildman–Crippen MR) is 210 cm³/mol. The van der Waals surface area contributed by atoms with E-state index in [0.29, 0.717) is 6.42 Å². The van der Waals surface area contributed by atoms with Crippen LogP contribution in [0.25, 0.3) is 0 Å². The van der Waals surface area contributed by atoms with Crippen molar-refractivity contribution in [1.82, 2.24) is 0 Å². The zero-order chi connectivity index (χ0) is 44.7. The molecule has 5 unspecified atom stereocenters. The summed E-state index contributed by atoms with van der Waals surface area (Å²) in [6, 6.07) is 0. The molecule has 0 aromatic carbocycles. The molecule has 3 saturated heterocycles. The summed E-state index contributed by atoms with van der Waals surface area (Å²) in [6.45, 7) is 17.2. The lowest BCUT2D eigenvalue weighted by Gasteiger charge is -2.52. The van der Waals surface area contributed by atoms with Crippen LogP contribution >= 0.6 is 34.8 Å². The van der Waals surface area contributed by atoms with Gasteiger partial charge in [-0.3, -0.25) is 24.6 Å². The van der Waals surface area contributed by atoms with Gasteiger partial charge in [0.2, 0.25) is 12.2 Å². The topological polar surface area (TPSA) is 211 Å². The van der Waals surface area contributed by atoms with Crippen molar-refractivity contribution in [1.29, 1.82) is 5.41 Å². The molecule has 0 aromatic rings. The first-order chi connectivity index (χ1) is 27.4. The molecule has 0 aliphatic carbocycles. The van der Waals surface area contributed by atoms with Crippen LogP contribution in [0.4, 0.5) is 0 Å². The van der Waals surface area contributed by atoms with Crippen LogP contribution in [0.15, 0.2) is 0 Å². The Bertz CT molecular complexity index is 1500. The number of hydrogen-bond acceptors (Lipinski definition) is 17. The average Bonchev–Trinajstić information content (AvgIpc) is 3.14. The van der Waals surface area contributed by atoms with E-state index in [4.69, 9.17) is 92.3 Å². The molecule has 0 saturated carbocycles. The highest BCUT2D eigenvalue weighted by Crippen LogP contribution is 2.46. The van der Waals surface area contributed by atoms with Crippen LogP contribution in [0.1, 0.15) is 89.0 Å². The Balaban J connectivity index is 2.14. The molecular weight excluding hydrogens is 845 g/mol. The van der Waals surface area contributed by atoms with Crippen LogP contribution < -0.4 is 0 Å². The molecule has 0 spiro atoms. The highest BCUT2D eigenvalue weighted by atomic mass is 35.6. The predicted octanol–water partition coefficient (Wildman–Crippen LogP) is 5.45. The van der Waals surface area contributed by atoms with Gasteiger partial charge in [0.1, 0.15) is 37.6 Å². The van der Waals surface area contributed by atoms with Gasteiger partial charge in [-0.1, -0.05) is 83.3 Å². The second kappa shape index (κ2) is 21.5. The van der Waals surface area contributed by atoms with E-state index in [0.717, 1.165) is 0 Å². The van der Waals surface area contributed by atoms with Gasteiger partial charge in [-0.2, -0.15) is 0 Å². The highest BCUT2D eigenvalue weighted by Gasteiger charge is 2.59. The Morgan fingerprint density at radius 1 is 0.763 bits per heavy atom. The van der Waals surface area contributed by atoms with Crippen molar-refractivity contribution >= 4 is 70.5 Å². The Labute approximate surface area is 360 Å². The minimum atomic E-state index is -2.20. The first-order valence-electron chi connectivity index (χ1n) is 19.7. The molecule has 3 aliphatic rings. The van der Waals surface area contributed by atoms with Crippen LogP contribution in [0.5, 0.6) is 0 Å². The Hall–Kier alpha value is -2.51. The fraction of sp³-hybridized carbons (Fsp3) is 0.846. The zero-order valence-corrected chi connectivity index (χ0v) is 37.9. The molecule has 338 valence electrons. The SMILES string of the molecule is CC[C@@H](OC(C)=O)[C@@H](C)[C@@H]1O[C@@](O[C@@H]2C(OC(C)=O)[C@H](O[C@H]3C(C)C(C)[C@@H](OC(=N)C(Cl)(Cl)Cl)O[C@@H]3COC(C)=O)OC(COC(C)=O)[C@@H]2C)(C(=O)OC)CC(C)[C@@H]1C. The number of halogens is 3. The molecule has 20 heteroatoms. The number of esters is 5. The number of carbonyl (C=O) groups excluding carboxylic acids is 5. The van der Waals surface area contributed by atoms with Gasteiger partial charge >= 0.3 is 29.8 Å². The van der Waals surface area contributed by atoms with Crippen molar-refractivity contribution < 1.29 is 76.1 Å². The lowest BCUT2D eigenvalue weighted by Crippen LogP contribution is -2.65. The largest absolute Gasteiger partial charge is 0.465 e. The van der Waals surface area contributed by atoms with Crippen LogP contribution in [0.2, 0.25) is 0 Å². The number of methoxy groups -OCH3 is 1. The van der Waals surface area contributed by atoms with E-state index >= 15 is 0 Å². The summed E-state index contributed by atoms with van der Waals surface area (Å²) >= 11 is 17.7. The maximum Gasteiger partial charge on any atom is 0.366 e. The van der Waals surface area contributed by atoms with Crippen molar-refractivity contribution in [2.24, 2.45) is 35.5 Å². The molecule has 17 nitrogen and oxygen atoms in total. The van der Waals surface area contributed by atoms with Crippen molar-refractivity contribution in [3.8, 4) is 0 Å². The van der Waals surface area contributed by atoms with Gasteiger partial charge in [-0.25, -0.2) is 4.79 Å². The zero-order valence-electron chi connectivity index (χ0n) is 35.7. The first kappa shape index (κ1) is 50.8. The van der Waals surface area contributed by atoms with Crippen molar-refractivity contribution in [3.05, 3.63) is 0 Å². The van der Waals surface area contributed by atoms with Crippen molar-refractivity contribution in [2.45, 2.75) is 154 Å². The molecule has 3 fully saturated rings. The number of carbonyl (C=O) groups is 5. The average molecular weight is 905 g/mol. The Morgan fingerprint density at radius 2 is 1.34 bits per heavy atom. The van der Waals surface area contributed by atoms with E-state index in [2.05, 4.69) is 0 Å². The number of ether oxygens (including phenoxy) is 11. The second-order valence-electron chi connectivity index (χ2n) is 15.8. The van der Waals surface area contributed by atoms with E-state index < -0.39 is 124 Å². The maximum atomic E-state index is 14.0. The summed E-state index contributed by atoms with van der Waals surface area (Å²) in [5.41, 5.74) is 0. The molecule has 0 radical (unpaired) electrons. The number of hydrogen-bond donors (Lipinski definition) is 1. The number of nitrogens with one attached hydrogen (secondary N) is 1. The van der Waals surface area contributed by atoms with Gasteiger partial charge in [0, 0.05) is 51.9 Å². The second-order valence-corrected chi connectivity index (χ2v) is 18.0. The Morgan fingerprint density at radius 3 is 1.85 bits per heavy atom. The van der Waals surface area contributed by atoms with Gasteiger partial charge < -0.3 is 52.1 Å². The normalized spacial score (nSPS) is 35.9. The number of alkyl halides is 3. The van der Waals surface area contributed by atoms with Crippen LogP contribution in [0, 0.1) is 40.9 Å². The molecule has 59 heavy (non-hydrogen) atoms.